The molecule has 0 aromatic heterocycles. The summed E-state index contributed by atoms with van der Waals surface area (Å²) in [5, 5.41) is 2.91. The first-order valence-electron chi connectivity index (χ1n) is 6.04. The minimum atomic E-state index is -0.0668. The van der Waals surface area contributed by atoms with Crippen LogP contribution in [-0.4, -0.2) is 11.9 Å². The summed E-state index contributed by atoms with van der Waals surface area (Å²) in [6.07, 6.45) is 7.70. The molecule has 1 N–H and O–H groups in total. The van der Waals surface area contributed by atoms with Crippen molar-refractivity contribution in [3.05, 3.63) is 12.7 Å². The normalized spacial score (nSPS) is 14.3. The summed E-state index contributed by atoms with van der Waals surface area (Å²) in [6, 6.07) is 0.247. The quantitative estimate of drug-likeness (QED) is 0.484. The molecule has 0 saturated heterocycles. The zero-order valence-electron chi connectivity index (χ0n) is 10.4. The standard InChI is InChI=1S/C13H25NO/c1-5-7-8-9-10-11(3)12(4)14-13(15)6-2/h6,11-12H,2,5,7-10H2,1,3-4H3,(H,14,15). The van der Waals surface area contributed by atoms with Crippen LogP contribution in [0.2, 0.25) is 0 Å². The first kappa shape index (κ1) is 14.2. The second-order valence-corrected chi connectivity index (χ2v) is 4.33. The molecule has 0 radical (unpaired) electrons. The van der Waals surface area contributed by atoms with Crippen molar-refractivity contribution in [3.8, 4) is 0 Å². The molecular weight excluding hydrogens is 186 g/mol. The Labute approximate surface area is 94.1 Å². The van der Waals surface area contributed by atoms with Crippen LogP contribution in [0.15, 0.2) is 12.7 Å². The number of hydrogen-bond acceptors (Lipinski definition) is 1. The molecule has 1 amide bonds. The molecule has 2 heteroatoms. The number of unbranched alkanes of at least 4 members (excludes halogenated alkanes) is 3. The van der Waals surface area contributed by atoms with E-state index < -0.39 is 0 Å². The molecule has 0 aliphatic rings. The smallest absolute Gasteiger partial charge is 0.243 e. The van der Waals surface area contributed by atoms with E-state index in [4.69, 9.17) is 0 Å². The minimum Gasteiger partial charge on any atom is -0.350 e. The molecule has 0 aromatic rings. The largest absolute Gasteiger partial charge is 0.350 e. The highest BCUT2D eigenvalue weighted by atomic mass is 16.1. The van der Waals surface area contributed by atoms with Crippen LogP contribution in [0.3, 0.4) is 0 Å². The zero-order valence-corrected chi connectivity index (χ0v) is 10.4. The van der Waals surface area contributed by atoms with Crippen LogP contribution >= 0.6 is 0 Å². The molecule has 0 heterocycles. The molecule has 0 aliphatic heterocycles. The molecular formula is C13H25NO. The van der Waals surface area contributed by atoms with Crippen molar-refractivity contribution in [3.63, 3.8) is 0 Å². The van der Waals surface area contributed by atoms with Gasteiger partial charge in [-0.3, -0.25) is 4.79 Å². The Bertz CT molecular complexity index is 189. The topological polar surface area (TPSA) is 29.1 Å². The fraction of sp³-hybridized carbons (Fsp3) is 0.769. The molecule has 2 atom stereocenters. The second kappa shape index (κ2) is 8.51. The Morgan fingerprint density at radius 1 is 1.33 bits per heavy atom. The maximum atomic E-state index is 11.1. The average Bonchev–Trinajstić information content (AvgIpc) is 2.23. The Morgan fingerprint density at radius 3 is 2.53 bits per heavy atom. The highest BCUT2D eigenvalue weighted by Gasteiger charge is 2.12. The third kappa shape index (κ3) is 7.18. The van der Waals surface area contributed by atoms with Gasteiger partial charge in [-0.2, -0.15) is 0 Å². The van der Waals surface area contributed by atoms with E-state index in [0.29, 0.717) is 5.92 Å². The van der Waals surface area contributed by atoms with Gasteiger partial charge in [0.15, 0.2) is 0 Å². The summed E-state index contributed by atoms with van der Waals surface area (Å²) in [5.41, 5.74) is 0. The molecule has 0 aromatic carbocycles. The van der Waals surface area contributed by atoms with Crippen molar-refractivity contribution in [1.29, 1.82) is 0 Å². The summed E-state index contributed by atoms with van der Waals surface area (Å²) in [6.45, 7) is 9.92. The first-order chi connectivity index (χ1) is 7.11. The number of nitrogens with one attached hydrogen (secondary N) is 1. The lowest BCUT2D eigenvalue weighted by molar-refractivity contribution is -0.117. The molecule has 88 valence electrons. The van der Waals surface area contributed by atoms with Gasteiger partial charge in [0.1, 0.15) is 0 Å². The van der Waals surface area contributed by atoms with E-state index in [1.165, 1.54) is 38.2 Å². The van der Waals surface area contributed by atoms with Gasteiger partial charge in [-0.15, -0.1) is 0 Å². The summed E-state index contributed by atoms with van der Waals surface area (Å²) < 4.78 is 0. The van der Waals surface area contributed by atoms with Crippen molar-refractivity contribution in [2.75, 3.05) is 0 Å². The predicted octanol–water partition coefficient (Wildman–Crippen LogP) is 3.28. The van der Waals surface area contributed by atoms with Crippen molar-refractivity contribution >= 4 is 5.91 Å². The molecule has 0 rings (SSSR count). The number of hydrogen-bond donors (Lipinski definition) is 1. The van der Waals surface area contributed by atoms with E-state index in [9.17, 15) is 4.79 Å². The third-order valence-corrected chi connectivity index (χ3v) is 2.92. The molecule has 15 heavy (non-hydrogen) atoms. The highest BCUT2D eigenvalue weighted by Crippen LogP contribution is 2.13. The number of amides is 1. The van der Waals surface area contributed by atoms with Crippen molar-refractivity contribution in [2.24, 2.45) is 5.92 Å². The highest BCUT2D eigenvalue weighted by molar-refractivity contribution is 5.87. The van der Waals surface area contributed by atoms with Crippen LogP contribution in [-0.2, 0) is 4.79 Å². The minimum absolute atomic E-state index is 0.0668. The summed E-state index contributed by atoms with van der Waals surface area (Å²) in [7, 11) is 0. The summed E-state index contributed by atoms with van der Waals surface area (Å²) >= 11 is 0. The lowest BCUT2D eigenvalue weighted by Gasteiger charge is -2.20. The Hall–Kier alpha value is -0.790. The third-order valence-electron chi connectivity index (χ3n) is 2.92. The van der Waals surface area contributed by atoms with Gasteiger partial charge in [-0.05, 0) is 25.3 Å². The van der Waals surface area contributed by atoms with Gasteiger partial charge in [-0.1, -0.05) is 46.1 Å². The zero-order chi connectivity index (χ0) is 11.7. The molecule has 0 fully saturated rings. The van der Waals surface area contributed by atoms with Gasteiger partial charge in [0, 0.05) is 6.04 Å². The van der Waals surface area contributed by atoms with Gasteiger partial charge in [0.25, 0.3) is 0 Å². The fourth-order valence-electron chi connectivity index (χ4n) is 1.57. The van der Waals surface area contributed by atoms with Crippen LogP contribution in [0.4, 0.5) is 0 Å². The van der Waals surface area contributed by atoms with Crippen LogP contribution < -0.4 is 5.32 Å². The Morgan fingerprint density at radius 2 is 2.00 bits per heavy atom. The van der Waals surface area contributed by atoms with E-state index in [1.54, 1.807) is 0 Å². The molecule has 2 unspecified atom stereocenters. The maximum absolute atomic E-state index is 11.1. The Balaban J connectivity index is 3.63. The molecule has 0 saturated carbocycles. The van der Waals surface area contributed by atoms with Crippen LogP contribution in [0.25, 0.3) is 0 Å². The number of carbonyl (C=O) groups is 1. The van der Waals surface area contributed by atoms with E-state index in [-0.39, 0.29) is 11.9 Å². The second-order valence-electron chi connectivity index (χ2n) is 4.33. The molecule has 0 aliphatic carbocycles. The van der Waals surface area contributed by atoms with Gasteiger partial charge < -0.3 is 5.32 Å². The monoisotopic (exact) mass is 211 g/mol. The summed E-state index contributed by atoms with van der Waals surface area (Å²) in [4.78, 5) is 11.1. The van der Waals surface area contributed by atoms with Crippen molar-refractivity contribution < 1.29 is 4.79 Å². The van der Waals surface area contributed by atoms with Crippen molar-refractivity contribution in [1.82, 2.24) is 5.32 Å². The molecule has 0 spiro atoms. The lowest BCUT2D eigenvalue weighted by atomic mass is 9.96. The molecule has 0 bridgehead atoms. The fourth-order valence-corrected chi connectivity index (χ4v) is 1.57. The Kier molecular flexibility index (Phi) is 8.06. The number of carbonyl (C=O) groups excluding carboxylic acids is 1. The predicted molar refractivity (Wildman–Crippen MR) is 65.7 cm³/mol. The molecule has 2 nitrogen and oxygen atoms in total. The van der Waals surface area contributed by atoms with Gasteiger partial charge >= 0.3 is 0 Å². The first-order valence-corrected chi connectivity index (χ1v) is 6.04. The van der Waals surface area contributed by atoms with Crippen LogP contribution in [0.1, 0.15) is 52.9 Å². The average molecular weight is 211 g/mol. The van der Waals surface area contributed by atoms with Gasteiger partial charge in [0.05, 0.1) is 0 Å². The van der Waals surface area contributed by atoms with E-state index in [0.717, 1.165) is 0 Å². The van der Waals surface area contributed by atoms with Crippen molar-refractivity contribution in [2.45, 2.75) is 58.9 Å². The lowest BCUT2D eigenvalue weighted by Crippen LogP contribution is -2.35. The van der Waals surface area contributed by atoms with E-state index >= 15 is 0 Å². The van der Waals surface area contributed by atoms with E-state index in [2.05, 4.69) is 32.7 Å². The van der Waals surface area contributed by atoms with E-state index in [1.807, 2.05) is 0 Å². The maximum Gasteiger partial charge on any atom is 0.243 e. The van der Waals surface area contributed by atoms with Crippen LogP contribution in [0, 0.1) is 5.92 Å². The SMILES string of the molecule is C=CC(=O)NC(C)C(C)CCCCCC. The number of rotatable bonds is 8. The van der Waals surface area contributed by atoms with Crippen LogP contribution in [0.5, 0.6) is 0 Å². The summed E-state index contributed by atoms with van der Waals surface area (Å²) in [5.74, 6) is 0.480. The van der Waals surface area contributed by atoms with Gasteiger partial charge in [0.2, 0.25) is 5.91 Å². The van der Waals surface area contributed by atoms with Gasteiger partial charge in [-0.25, -0.2) is 0 Å².